The molecule has 0 saturated heterocycles. The minimum Gasteiger partial charge on any atom is -0.309 e. The molecule has 0 bridgehead atoms. The van der Waals surface area contributed by atoms with Crippen molar-refractivity contribution >= 4 is 10.9 Å². The topological polar surface area (TPSA) is 57.8 Å². The van der Waals surface area contributed by atoms with E-state index in [1.165, 1.54) is 0 Å². The number of nitrogens with zero attached hydrogens (tertiary/aromatic N) is 1. The van der Waals surface area contributed by atoms with E-state index in [1.54, 1.807) is 6.07 Å². The molecule has 0 fully saturated rings. The lowest BCUT2D eigenvalue weighted by Gasteiger charge is -2.10. The van der Waals surface area contributed by atoms with E-state index in [0.29, 0.717) is 23.8 Å². The van der Waals surface area contributed by atoms with E-state index < -0.39 is 0 Å². The second-order valence-electron chi connectivity index (χ2n) is 4.22. The van der Waals surface area contributed by atoms with Crippen LogP contribution in [0.25, 0.3) is 10.9 Å². The molecule has 0 aliphatic heterocycles. The zero-order valence-electron chi connectivity index (χ0n) is 10.2. The summed E-state index contributed by atoms with van der Waals surface area (Å²) in [6.45, 7) is 4.82. The highest BCUT2D eigenvalue weighted by molar-refractivity contribution is 5.77. The van der Waals surface area contributed by atoms with Crippen molar-refractivity contribution in [2.75, 3.05) is 0 Å². The van der Waals surface area contributed by atoms with Crippen LogP contribution >= 0.6 is 0 Å². The Labute approximate surface area is 100 Å². The Morgan fingerprint density at radius 3 is 2.94 bits per heavy atom. The van der Waals surface area contributed by atoms with E-state index in [0.717, 1.165) is 11.9 Å². The fraction of sp³-hybridized carbons (Fsp3) is 0.385. The highest BCUT2D eigenvalue weighted by atomic mass is 16.1. The smallest absolute Gasteiger partial charge is 0.258 e. The highest BCUT2D eigenvalue weighted by Gasteiger charge is 2.04. The number of nitrogens with one attached hydrogen (secondary N) is 2. The lowest BCUT2D eigenvalue weighted by atomic mass is 10.2. The zero-order chi connectivity index (χ0) is 12.3. The van der Waals surface area contributed by atoms with Gasteiger partial charge in [0.1, 0.15) is 5.82 Å². The van der Waals surface area contributed by atoms with Gasteiger partial charge in [-0.25, -0.2) is 4.98 Å². The summed E-state index contributed by atoms with van der Waals surface area (Å²) < 4.78 is 0. The molecule has 0 amide bonds. The molecule has 2 rings (SSSR count). The van der Waals surface area contributed by atoms with Crippen LogP contribution in [-0.4, -0.2) is 16.0 Å². The summed E-state index contributed by atoms with van der Waals surface area (Å²) in [6, 6.07) is 7.80. The van der Waals surface area contributed by atoms with Crippen molar-refractivity contribution in [2.24, 2.45) is 0 Å². The van der Waals surface area contributed by atoms with E-state index in [4.69, 9.17) is 0 Å². The van der Waals surface area contributed by atoms with Crippen LogP contribution in [0.2, 0.25) is 0 Å². The lowest BCUT2D eigenvalue weighted by Crippen LogP contribution is -2.26. The Bertz CT molecular complexity index is 562. The summed E-state index contributed by atoms with van der Waals surface area (Å²) in [7, 11) is 0. The normalized spacial score (nSPS) is 12.8. The van der Waals surface area contributed by atoms with Gasteiger partial charge in [0, 0.05) is 6.04 Å². The van der Waals surface area contributed by atoms with Crippen LogP contribution in [0, 0.1) is 0 Å². The van der Waals surface area contributed by atoms with Gasteiger partial charge >= 0.3 is 0 Å². The molecular weight excluding hydrogens is 214 g/mol. The predicted octanol–water partition coefficient (Wildman–Crippen LogP) is 1.81. The predicted molar refractivity (Wildman–Crippen MR) is 69.0 cm³/mol. The SMILES string of the molecule is CC[C@H](C)NCc1nc2ccccc2c(=O)[nH]1. The number of hydrogen-bond donors (Lipinski definition) is 2. The third-order valence-electron chi connectivity index (χ3n) is 2.89. The summed E-state index contributed by atoms with van der Waals surface area (Å²) in [6.07, 6.45) is 1.05. The first-order chi connectivity index (χ1) is 8.20. The average molecular weight is 231 g/mol. The molecule has 1 heterocycles. The maximum atomic E-state index is 11.8. The third-order valence-corrected chi connectivity index (χ3v) is 2.89. The first-order valence-electron chi connectivity index (χ1n) is 5.92. The average Bonchev–Trinajstić information content (AvgIpc) is 2.36. The summed E-state index contributed by atoms with van der Waals surface area (Å²) in [4.78, 5) is 19.0. The maximum Gasteiger partial charge on any atom is 0.258 e. The molecule has 1 atom stereocenters. The van der Waals surface area contributed by atoms with Crippen molar-refractivity contribution in [2.45, 2.75) is 32.9 Å². The molecule has 0 radical (unpaired) electrons. The Kier molecular flexibility index (Phi) is 3.54. The molecule has 17 heavy (non-hydrogen) atoms. The van der Waals surface area contributed by atoms with Crippen molar-refractivity contribution in [1.82, 2.24) is 15.3 Å². The van der Waals surface area contributed by atoms with E-state index in [2.05, 4.69) is 29.1 Å². The standard InChI is InChI=1S/C13H17N3O/c1-3-9(2)14-8-12-15-11-7-5-4-6-10(11)13(17)16-12/h4-7,9,14H,3,8H2,1-2H3,(H,15,16,17)/t9-/m0/s1. The van der Waals surface area contributed by atoms with E-state index in [9.17, 15) is 4.79 Å². The summed E-state index contributed by atoms with van der Waals surface area (Å²) in [5.74, 6) is 0.689. The van der Waals surface area contributed by atoms with Gasteiger partial charge in [0.05, 0.1) is 17.4 Å². The summed E-state index contributed by atoms with van der Waals surface area (Å²) in [5.41, 5.74) is 0.675. The Morgan fingerprint density at radius 1 is 1.41 bits per heavy atom. The molecule has 90 valence electrons. The summed E-state index contributed by atoms with van der Waals surface area (Å²) >= 11 is 0. The van der Waals surface area contributed by atoms with Crippen molar-refractivity contribution in [3.05, 3.63) is 40.4 Å². The largest absolute Gasteiger partial charge is 0.309 e. The lowest BCUT2D eigenvalue weighted by molar-refractivity contribution is 0.523. The zero-order valence-corrected chi connectivity index (χ0v) is 10.2. The fourth-order valence-corrected chi connectivity index (χ4v) is 1.63. The van der Waals surface area contributed by atoms with Gasteiger partial charge in [-0.2, -0.15) is 0 Å². The number of aromatic nitrogens is 2. The van der Waals surface area contributed by atoms with Crippen LogP contribution in [0.5, 0.6) is 0 Å². The minimum atomic E-state index is -0.0726. The Hall–Kier alpha value is -1.68. The monoisotopic (exact) mass is 231 g/mol. The number of para-hydroxylation sites is 1. The number of H-pyrrole nitrogens is 1. The number of aromatic amines is 1. The van der Waals surface area contributed by atoms with Crippen LogP contribution in [0.3, 0.4) is 0 Å². The Balaban J connectivity index is 2.28. The second-order valence-corrected chi connectivity index (χ2v) is 4.22. The van der Waals surface area contributed by atoms with Crippen molar-refractivity contribution in [3.63, 3.8) is 0 Å². The van der Waals surface area contributed by atoms with E-state index in [-0.39, 0.29) is 5.56 Å². The second kappa shape index (κ2) is 5.10. The van der Waals surface area contributed by atoms with E-state index >= 15 is 0 Å². The van der Waals surface area contributed by atoms with Gasteiger partial charge in [0.2, 0.25) is 0 Å². The number of hydrogen-bond acceptors (Lipinski definition) is 3. The number of benzene rings is 1. The summed E-state index contributed by atoms with van der Waals surface area (Å²) in [5, 5.41) is 3.95. The number of rotatable bonds is 4. The van der Waals surface area contributed by atoms with Gasteiger partial charge in [-0.05, 0) is 25.5 Å². The molecule has 4 nitrogen and oxygen atoms in total. The fourth-order valence-electron chi connectivity index (χ4n) is 1.63. The van der Waals surface area contributed by atoms with Crippen molar-refractivity contribution in [3.8, 4) is 0 Å². The number of fused-ring (bicyclic) bond motifs is 1. The molecule has 2 N–H and O–H groups in total. The first kappa shape index (κ1) is 11.8. The van der Waals surface area contributed by atoms with Crippen LogP contribution in [0.15, 0.2) is 29.1 Å². The van der Waals surface area contributed by atoms with Gasteiger partial charge in [0.25, 0.3) is 5.56 Å². The van der Waals surface area contributed by atoms with Crippen LogP contribution in [0.4, 0.5) is 0 Å². The van der Waals surface area contributed by atoms with E-state index in [1.807, 2.05) is 18.2 Å². The molecular formula is C13H17N3O. The van der Waals surface area contributed by atoms with Crippen LogP contribution < -0.4 is 10.9 Å². The van der Waals surface area contributed by atoms with Crippen LogP contribution in [-0.2, 0) is 6.54 Å². The molecule has 0 aliphatic carbocycles. The third kappa shape index (κ3) is 2.71. The maximum absolute atomic E-state index is 11.8. The minimum absolute atomic E-state index is 0.0726. The molecule has 0 aliphatic rings. The molecule has 1 aromatic carbocycles. The molecule has 2 aromatic rings. The molecule has 0 unspecified atom stereocenters. The van der Waals surface area contributed by atoms with Gasteiger partial charge in [-0.1, -0.05) is 19.1 Å². The highest BCUT2D eigenvalue weighted by Crippen LogP contribution is 2.05. The molecule has 0 spiro atoms. The molecule has 0 saturated carbocycles. The van der Waals surface area contributed by atoms with Gasteiger partial charge in [0.15, 0.2) is 0 Å². The van der Waals surface area contributed by atoms with Crippen molar-refractivity contribution in [1.29, 1.82) is 0 Å². The van der Waals surface area contributed by atoms with Crippen LogP contribution in [0.1, 0.15) is 26.1 Å². The molecule has 4 heteroatoms. The van der Waals surface area contributed by atoms with Gasteiger partial charge in [-0.15, -0.1) is 0 Å². The van der Waals surface area contributed by atoms with Gasteiger partial charge in [-0.3, -0.25) is 4.79 Å². The van der Waals surface area contributed by atoms with Gasteiger partial charge < -0.3 is 10.3 Å². The first-order valence-corrected chi connectivity index (χ1v) is 5.92. The Morgan fingerprint density at radius 2 is 2.18 bits per heavy atom. The molecule has 1 aromatic heterocycles. The quantitative estimate of drug-likeness (QED) is 0.843. The van der Waals surface area contributed by atoms with Crippen molar-refractivity contribution < 1.29 is 0 Å².